The molecular formula is C15H17NO3S. The molecule has 2 rings (SSSR count). The van der Waals surface area contributed by atoms with Crippen LogP contribution in [0.4, 0.5) is 5.69 Å². The van der Waals surface area contributed by atoms with Gasteiger partial charge in [-0.15, -0.1) is 0 Å². The van der Waals surface area contributed by atoms with E-state index in [9.17, 15) is 13.0 Å². The molecule has 106 valence electrons. The molecule has 0 saturated heterocycles. The normalized spacial score (nSPS) is 11.3. The predicted molar refractivity (Wildman–Crippen MR) is 79.4 cm³/mol. The van der Waals surface area contributed by atoms with Gasteiger partial charge in [0.25, 0.3) is 10.1 Å². The van der Waals surface area contributed by atoms with Crippen molar-refractivity contribution in [1.82, 2.24) is 0 Å². The summed E-state index contributed by atoms with van der Waals surface area (Å²) < 4.78 is 32.0. The van der Waals surface area contributed by atoms with Crippen LogP contribution in [0.3, 0.4) is 0 Å². The van der Waals surface area contributed by atoms with Gasteiger partial charge in [-0.05, 0) is 35.7 Å². The Morgan fingerprint density at radius 1 is 1.05 bits per heavy atom. The third-order valence-corrected chi connectivity index (χ3v) is 4.06. The van der Waals surface area contributed by atoms with Crippen molar-refractivity contribution in [1.29, 1.82) is 0 Å². The maximum atomic E-state index is 11.4. The topological polar surface area (TPSA) is 66.4 Å². The minimum atomic E-state index is -4.18. The highest BCUT2D eigenvalue weighted by Crippen LogP contribution is 2.21. The Kier molecular flexibility index (Phi) is 4.42. The summed E-state index contributed by atoms with van der Waals surface area (Å²) in [6, 6.07) is 14.6. The third kappa shape index (κ3) is 3.37. The lowest BCUT2D eigenvalue weighted by atomic mass is 10.1. The highest BCUT2D eigenvalue weighted by atomic mass is 32.2. The average Bonchev–Trinajstić information content (AvgIpc) is 2.44. The van der Waals surface area contributed by atoms with Crippen molar-refractivity contribution in [3.05, 3.63) is 59.7 Å². The Bertz CT molecular complexity index is 682. The third-order valence-electron chi connectivity index (χ3n) is 3.12. The highest BCUT2D eigenvalue weighted by molar-refractivity contribution is 7.85. The van der Waals surface area contributed by atoms with Gasteiger partial charge in [0.05, 0.1) is 4.90 Å². The van der Waals surface area contributed by atoms with Gasteiger partial charge in [-0.2, -0.15) is 8.42 Å². The van der Waals surface area contributed by atoms with Crippen molar-refractivity contribution < 1.29 is 13.0 Å². The molecule has 0 fully saturated rings. The standard InChI is InChI=1S/C15H17NO3S/c1-2-14-12(7-6-10-15(14)20(17,18)19)11-16-13-8-4-3-5-9-13/h3-10,16H,2,11H2,1H3,(H,17,18,19). The zero-order valence-corrected chi connectivity index (χ0v) is 12.0. The molecule has 2 N–H and O–H groups in total. The Morgan fingerprint density at radius 2 is 1.75 bits per heavy atom. The summed E-state index contributed by atoms with van der Waals surface area (Å²) in [5.41, 5.74) is 2.48. The van der Waals surface area contributed by atoms with Crippen molar-refractivity contribution in [2.24, 2.45) is 0 Å². The van der Waals surface area contributed by atoms with Crippen LogP contribution in [-0.4, -0.2) is 13.0 Å². The first-order chi connectivity index (χ1) is 9.52. The van der Waals surface area contributed by atoms with E-state index in [4.69, 9.17) is 0 Å². The first kappa shape index (κ1) is 14.6. The average molecular weight is 291 g/mol. The summed E-state index contributed by atoms with van der Waals surface area (Å²) in [7, 11) is -4.18. The maximum Gasteiger partial charge on any atom is 0.294 e. The number of anilines is 1. The molecule has 0 amide bonds. The van der Waals surface area contributed by atoms with Gasteiger partial charge in [-0.3, -0.25) is 4.55 Å². The van der Waals surface area contributed by atoms with Gasteiger partial charge < -0.3 is 5.32 Å². The molecule has 20 heavy (non-hydrogen) atoms. The second-order valence-corrected chi connectivity index (χ2v) is 5.83. The number of nitrogens with one attached hydrogen (secondary N) is 1. The van der Waals surface area contributed by atoms with Crippen LogP contribution in [-0.2, 0) is 23.1 Å². The highest BCUT2D eigenvalue weighted by Gasteiger charge is 2.16. The molecule has 4 nitrogen and oxygen atoms in total. The summed E-state index contributed by atoms with van der Waals surface area (Å²) in [6.45, 7) is 2.38. The van der Waals surface area contributed by atoms with Gasteiger partial charge in [0, 0.05) is 12.2 Å². The lowest BCUT2D eigenvalue weighted by Gasteiger charge is -2.13. The quantitative estimate of drug-likeness (QED) is 0.831. The maximum absolute atomic E-state index is 11.4. The zero-order chi connectivity index (χ0) is 14.6. The summed E-state index contributed by atoms with van der Waals surface area (Å²) in [5, 5.41) is 3.24. The summed E-state index contributed by atoms with van der Waals surface area (Å²) in [4.78, 5) is -0.00707. The van der Waals surface area contributed by atoms with Crippen molar-refractivity contribution in [3.8, 4) is 0 Å². The Balaban J connectivity index is 2.29. The van der Waals surface area contributed by atoms with Crippen molar-refractivity contribution in [2.45, 2.75) is 24.8 Å². The minimum absolute atomic E-state index is 0.00707. The van der Waals surface area contributed by atoms with E-state index in [1.165, 1.54) is 6.07 Å². The molecule has 2 aromatic carbocycles. The van der Waals surface area contributed by atoms with Crippen molar-refractivity contribution >= 4 is 15.8 Å². The monoisotopic (exact) mass is 291 g/mol. The molecule has 2 aromatic rings. The number of hydrogen-bond donors (Lipinski definition) is 2. The van der Waals surface area contributed by atoms with Crippen molar-refractivity contribution in [2.75, 3.05) is 5.32 Å². The van der Waals surface area contributed by atoms with Gasteiger partial charge in [0.2, 0.25) is 0 Å². The molecule has 0 unspecified atom stereocenters. The number of para-hydroxylation sites is 1. The fourth-order valence-electron chi connectivity index (χ4n) is 2.17. The number of rotatable bonds is 5. The van der Waals surface area contributed by atoms with Gasteiger partial charge in [0.15, 0.2) is 0 Å². The summed E-state index contributed by atoms with van der Waals surface area (Å²) in [5.74, 6) is 0. The largest absolute Gasteiger partial charge is 0.381 e. The van der Waals surface area contributed by atoms with Crippen molar-refractivity contribution in [3.63, 3.8) is 0 Å². The van der Waals surface area contributed by atoms with E-state index in [1.54, 1.807) is 6.07 Å². The van der Waals surface area contributed by atoms with Gasteiger partial charge in [-0.25, -0.2) is 0 Å². The molecule has 0 aliphatic rings. The lowest BCUT2D eigenvalue weighted by Crippen LogP contribution is -2.08. The second-order valence-electron chi connectivity index (χ2n) is 4.44. The fraction of sp³-hybridized carbons (Fsp3) is 0.200. The Morgan fingerprint density at radius 3 is 2.35 bits per heavy atom. The predicted octanol–water partition coefficient (Wildman–Crippen LogP) is 3.11. The Labute approximate surface area is 119 Å². The van der Waals surface area contributed by atoms with Crippen LogP contribution in [0.2, 0.25) is 0 Å². The number of benzene rings is 2. The minimum Gasteiger partial charge on any atom is -0.381 e. The molecule has 0 spiro atoms. The van der Waals surface area contributed by atoms with E-state index < -0.39 is 10.1 Å². The van der Waals surface area contributed by atoms with Crippen LogP contribution in [0.1, 0.15) is 18.1 Å². The first-order valence-corrected chi connectivity index (χ1v) is 7.83. The molecule has 0 aliphatic carbocycles. The second kappa shape index (κ2) is 6.07. The van der Waals surface area contributed by atoms with Gasteiger partial charge in [0.1, 0.15) is 0 Å². The van der Waals surface area contributed by atoms with Crippen LogP contribution in [0, 0.1) is 0 Å². The van der Waals surface area contributed by atoms with E-state index in [0.29, 0.717) is 18.5 Å². The SMILES string of the molecule is CCc1c(CNc2ccccc2)cccc1S(=O)(=O)O. The molecule has 0 aliphatic heterocycles. The van der Waals surface area contributed by atoms with E-state index in [2.05, 4.69) is 5.32 Å². The summed E-state index contributed by atoms with van der Waals surface area (Å²) >= 11 is 0. The Hall–Kier alpha value is -1.85. The number of hydrogen-bond acceptors (Lipinski definition) is 3. The smallest absolute Gasteiger partial charge is 0.294 e. The lowest BCUT2D eigenvalue weighted by molar-refractivity contribution is 0.482. The van der Waals surface area contributed by atoms with Crippen LogP contribution in [0.25, 0.3) is 0 Å². The van der Waals surface area contributed by atoms with Gasteiger partial charge >= 0.3 is 0 Å². The first-order valence-electron chi connectivity index (χ1n) is 6.39. The van der Waals surface area contributed by atoms with Crippen LogP contribution >= 0.6 is 0 Å². The zero-order valence-electron chi connectivity index (χ0n) is 11.2. The molecule has 0 heterocycles. The fourth-order valence-corrected chi connectivity index (χ4v) is 3.01. The molecule has 0 radical (unpaired) electrons. The van der Waals surface area contributed by atoms with E-state index in [0.717, 1.165) is 11.3 Å². The van der Waals surface area contributed by atoms with E-state index >= 15 is 0 Å². The molecule has 0 atom stereocenters. The summed E-state index contributed by atoms with van der Waals surface area (Å²) in [6.07, 6.45) is 0.543. The van der Waals surface area contributed by atoms with E-state index in [1.807, 2.05) is 43.3 Å². The van der Waals surface area contributed by atoms with Crippen LogP contribution in [0.5, 0.6) is 0 Å². The van der Waals surface area contributed by atoms with Gasteiger partial charge in [-0.1, -0.05) is 37.3 Å². The molecular weight excluding hydrogens is 274 g/mol. The van der Waals surface area contributed by atoms with E-state index in [-0.39, 0.29) is 4.90 Å². The molecule has 0 bridgehead atoms. The van der Waals surface area contributed by atoms with Crippen LogP contribution < -0.4 is 5.32 Å². The van der Waals surface area contributed by atoms with Crippen LogP contribution in [0.15, 0.2) is 53.4 Å². The molecule has 5 heteroatoms. The molecule has 0 aromatic heterocycles. The molecule has 0 saturated carbocycles.